The van der Waals surface area contributed by atoms with Gasteiger partial charge < -0.3 is 14.9 Å². The number of phosphoric ester groups is 1. The minimum atomic E-state index is -4.50. The highest BCUT2D eigenvalue weighted by Crippen LogP contribution is 2.47. The van der Waals surface area contributed by atoms with Crippen molar-refractivity contribution in [2.24, 2.45) is 5.41 Å². The number of hydrogen-bond donors (Lipinski definition) is 3. The molecule has 0 aromatic heterocycles. The second-order valence-corrected chi connectivity index (χ2v) is 6.13. The molecule has 0 bridgehead atoms. The van der Waals surface area contributed by atoms with E-state index in [9.17, 15) is 9.67 Å². The summed E-state index contributed by atoms with van der Waals surface area (Å²) in [5.41, 5.74) is -1.29. The Kier molecular flexibility index (Phi) is 5.63. The molecular weight excluding hydrogens is 231 g/mol. The van der Waals surface area contributed by atoms with Crippen molar-refractivity contribution >= 4 is 7.82 Å². The first-order chi connectivity index (χ1) is 7.10. The van der Waals surface area contributed by atoms with Gasteiger partial charge in [0.25, 0.3) is 0 Å². The van der Waals surface area contributed by atoms with E-state index in [-0.39, 0.29) is 6.61 Å². The van der Waals surface area contributed by atoms with Crippen LogP contribution in [-0.2, 0) is 9.09 Å². The number of rotatable bonds is 7. The molecule has 0 rings (SSSR count). The van der Waals surface area contributed by atoms with Crippen molar-refractivity contribution in [3.63, 3.8) is 0 Å². The molecule has 98 valence electrons. The van der Waals surface area contributed by atoms with Crippen LogP contribution in [0.5, 0.6) is 0 Å². The molecular formula is C10H23O5P. The van der Waals surface area contributed by atoms with Crippen molar-refractivity contribution in [1.29, 1.82) is 0 Å². The molecule has 16 heavy (non-hydrogen) atoms. The summed E-state index contributed by atoms with van der Waals surface area (Å²) in [6, 6.07) is 0. The molecule has 0 aliphatic rings. The van der Waals surface area contributed by atoms with E-state index in [4.69, 9.17) is 14.3 Å². The Morgan fingerprint density at radius 3 is 1.88 bits per heavy atom. The van der Waals surface area contributed by atoms with Crippen LogP contribution in [0, 0.1) is 5.41 Å². The van der Waals surface area contributed by atoms with Crippen molar-refractivity contribution in [2.75, 3.05) is 6.61 Å². The highest BCUT2D eigenvalue weighted by atomic mass is 31.2. The number of aliphatic hydroxyl groups is 1. The summed E-state index contributed by atoms with van der Waals surface area (Å²) >= 11 is 0. The maximum absolute atomic E-state index is 10.9. The fraction of sp³-hybridized carbons (Fsp3) is 1.00. The Balaban J connectivity index is 4.89. The number of phosphoric acid groups is 1. The van der Waals surface area contributed by atoms with Gasteiger partial charge in [-0.3, -0.25) is 4.52 Å². The van der Waals surface area contributed by atoms with E-state index in [1.165, 1.54) is 0 Å². The second-order valence-electron chi connectivity index (χ2n) is 4.97. The van der Waals surface area contributed by atoms with Crippen molar-refractivity contribution < 1.29 is 24.0 Å². The third-order valence-electron chi connectivity index (χ3n) is 2.83. The predicted octanol–water partition coefficient (Wildman–Crippen LogP) is 2.06. The second kappa shape index (κ2) is 5.61. The first-order valence-electron chi connectivity index (χ1n) is 5.47. The van der Waals surface area contributed by atoms with Gasteiger partial charge in [-0.1, -0.05) is 27.7 Å². The average Bonchev–Trinajstić information content (AvgIpc) is 2.14. The van der Waals surface area contributed by atoms with E-state index in [0.29, 0.717) is 19.3 Å². The molecule has 0 aliphatic heterocycles. The third-order valence-corrected chi connectivity index (χ3v) is 3.46. The summed E-state index contributed by atoms with van der Waals surface area (Å²) in [6.07, 6.45) is 1.41. The van der Waals surface area contributed by atoms with Crippen molar-refractivity contribution in [3.8, 4) is 0 Å². The van der Waals surface area contributed by atoms with Crippen LogP contribution < -0.4 is 0 Å². The maximum atomic E-state index is 10.9. The zero-order valence-electron chi connectivity index (χ0n) is 10.4. The van der Waals surface area contributed by atoms with Crippen LogP contribution in [0.3, 0.4) is 0 Å². The summed E-state index contributed by atoms with van der Waals surface area (Å²) in [5.74, 6) is 0. The molecule has 0 heterocycles. The lowest BCUT2D eigenvalue weighted by atomic mass is 9.78. The Hall–Kier alpha value is 0.0700. The highest BCUT2D eigenvalue weighted by Gasteiger charge is 2.39. The molecule has 5 nitrogen and oxygen atoms in total. The largest absolute Gasteiger partial charge is 0.470 e. The molecule has 0 spiro atoms. The first-order valence-corrected chi connectivity index (χ1v) is 7.00. The van der Waals surface area contributed by atoms with Crippen LogP contribution in [0.1, 0.15) is 47.0 Å². The first kappa shape index (κ1) is 16.1. The molecule has 6 heteroatoms. The molecule has 3 N–H and O–H groups in total. The smallest absolute Gasteiger partial charge is 0.396 e. The molecule has 0 aliphatic carbocycles. The fourth-order valence-corrected chi connectivity index (χ4v) is 2.67. The van der Waals surface area contributed by atoms with Crippen LogP contribution in [0.4, 0.5) is 0 Å². The molecule has 0 saturated heterocycles. The lowest BCUT2D eigenvalue weighted by molar-refractivity contribution is -0.0215. The van der Waals surface area contributed by atoms with E-state index in [1.807, 2.05) is 27.7 Å². The lowest BCUT2D eigenvalue weighted by Crippen LogP contribution is -2.37. The summed E-state index contributed by atoms with van der Waals surface area (Å²) in [5, 5.41) is 9.20. The minimum absolute atomic E-state index is 0.0424. The summed E-state index contributed by atoms with van der Waals surface area (Å²) < 4.78 is 15.9. The molecule has 0 unspecified atom stereocenters. The van der Waals surface area contributed by atoms with Gasteiger partial charge in [-0.05, 0) is 24.7 Å². The number of aliphatic hydroxyl groups excluding tert-OH is 1. The summed E-state index contributed by atoms with van der Waals surface area (Å²) in [7, 11) is -4.50. The van der Waals surface area contributed by atoms with Gasteiger partial charge in [0.15, 0.2) is 0 Å². The van der Waals surface area contributed by atoms with E-state index in [0.717, 1.165) is 0 Å². The molecule has 0 amide bonds. The van der Waals surface area contributed by atoms with Crippen molar-refractivity contribution in [1.82, 2.24) is 0 Å². The lowest BCUT2D eigenvalue weighted by Gasteiger charge is -2.38. The van der Waals surface area contributed by atoms with Crippen LogP contribution in [0.15, 0.2) is 0 Å². The predicted molar refractivity (Wildman–Crippen MR) is 61.9 cm³/mol. The van der Waals surface area contributed by atoms with Crippen LogP contribution in [0.2, 0.25) is 0 Å². The molecule has 0 saturated carbocycles. The van der Waals surface area contributed by atoms with Gasteiger partial charge in [0.1, 0.15) is 0 Å². The Bertz CT molecular complexity index is 254. The van der Waals surface area contributed by atoms with Gasteiger partial charge in [-0.2, -0.15) is 0 Å². The Morgan fingerprint density at radius 2 is 1.62 bits per heavy atom. The molecule has 0 fully saturated rings. The van der Waals surface area contributed by atoms with E-state index in [1.54, 1.807) is 0 Å². The molecule has 0 aromatic carbocycles. The van der Waals surface area contributed by atoms with Gasteiger partial charge in [-0.25, -0.2) is 4.57 Å². The zero-order chi connectivity index (χ0) is 13.0. The van der Waals surface area contributed by atoms with E-state index >= 15 is 0 Å². The van der Waals surface area contributed by atoms with Crippen LogP contribution >= 0.6 is 7.82 Å². The van der Waals surface area contributed by atoms with E-state index in [2.05, 4.69) is 0 Å². The molecule has 0 atom stereocenters. The Labute approximate surface area is 97.1 Å². The SMILES string of the molecule is CCC(CC)(CC(C)(C)CO)OP(=O)(O)O. The van der Waals surface area contributed by atoms with Crippen molar-refractivity contribution in [3.05, 3.63) is 0 Å². The minimum Gasteiger partial charge on any atom is -0.396 e. The standard InChI is InChI=1S/C10H23O5P/c1-5-10(6-2,15-16(12,13)14)7-9(3,4)8-11/h11H,5-8H2,1-4H3,(H2,12,13,14). The van der Waals surface area contributed by atoms with Gasteiger partial charge >= 0.3 is 7.82 Å². The third kappa shape index (κ3) is 5.41. The van der Waals surface area contributed by atoms with E-state index < -0.39 is 18.8 Å². The van der Waals surface area contributed by atoms with Gasteiger partial charge in [0, 0.05) is 6.61 Å². The van der Waals surface area contributed by atoms with Crippen LogP contribution in [-0.4, -0.2) is 27.1 Å². The van der Waals surface area contributed by atoms with Gasteiger partial charge in [-0.15, -0.1) is 0 Å². The molecule has 0 radical (unpaired) electrons. The zero-order valence-corrected chi connectivity index (χ0v) is 11.3. The topological polar surface area (TPSA) is 87.0 Å². The summed E-state index contributed by atoms with van der Waals surface area (Å²) in [6.45, 7) is 7.30. The quantitative estimate of drug-likeness (QED) is 0.605. The average molecular weight is 254 g/mol. The number of hydrogen-bond acceptors (Lipinski definition) is 3. The maximum Gasteiger partial charge on any atom is 0.470 e. The highest BCUT2D eigenvalue weighted by molar-refractivity contribution is 7.46. The normalized spacial score (nSPS) is 14.2. The van der Waals surface area contributed by atoms with Gasteiger partial charge in [0.05, 0.1) is 5.60 Å². The van der Waals surface area contributed by atoms with Crippen LogP contribution in [0.25, 0.3) is 0 Å². The summed E-state index contributed by atoms with van der Waals surface area (Å²) in [4.78, 5) is 17.8. The monoisotopic (exact) mass is 254 g/mol. The fourth-order valence-electron chi connectivity index (χ4n) is 1.84. The van der Waals surface area contributed by atoms with Gasteiger partial charge in [0.2, 0.25) is 0 Å². The Morgan fingerprint density at radius 1 is 1.19 bits per heavy atom. The van der Waals surface area contributed by atoms with Crippen molar-refractivity contribution in [2.45, 2.75) is 52.6 Å². The molecule has 0 aromatic rings.